The molecule has 3 aromatic rings. The fourth-order valence-electron chi connectivity index (χ4n) is 4.16. The monoisotopic (exact) mass is 376 g/mol. The average Bonchev–Trinajstić information content (AvgIpc) is 3.16. The topological polar surface area (TPSA) is 61.5 Å². The van der Waals surface area contributed by atoms with Crippen LogP contribution in [0.3, 0.4) is 0 Å². The number of likely N-dealkylation sites (tertiary alicyclic amines) is 1. The summed E-state index contributed by atoms with van der Waals surface area (Å²) in [6, 6.07) is 16.0. The largest absolute Gasteiger partial charge is 0.477 e. The molecule has 28 heavy (non-hydrogen) atoms. The Morgan fingerprint density at radius 3 is 2.71 bits per heavy atom. The van der Waals surface area contributed by atoms with Gasteiger partial charge in [0.2, 0.25) is 0 Å². The van der Waals surface area contributed by atoms with Gasteiger partial charge in [-0.3, -0.25) is 4.79 Å². The van der Waals surface area contributed by atoms with E-state index in [0.29, 0.717) is 13.1 Å². The molecule has 0 aliphatic carbocycles. The lowest BCUT2D eigenvalue weighted by Crippen LogP contribution is -2.51. The SMILES string of the molecule is O=C(C1CN(Cc2nc3ccccc3[nH]2)c2ccccc2O1)N1CCCCC1. The van der Waals surface area contributed by atoms with Crippen LogP contribution in [0.15, 0.2) is 48.5 Å². The van der Waals surface area contributed by atoms with Gasteiger partial charge in [-0.05, 0) is 43.5 Å². The van der Waals surface area contributed by atoms with Crippen LogP contribution in [0.1, 0.15) is 25.1 Å². The second-order valence-corrected chi connectivity index (χ2v) is 7.54. The Hall–Kier alpha value is -3.02. The van der Waals surface area contributed by atoms with Crippen molar-refractivity contribution in [2.75, 3.05) is 24.5 Å². The molecule has 2 aromatic carbocycles. The van der Waals surface area contributed by atoms with E-state index in [4.69, 9.17) is 9.72 Å². The normalized spacial score (nSPS) is 19.4. The Morgan fingerprint density at radius 2 is 1.86 bits per heavy atom. The van der Waals surface area contributed by atoms with Gasteiger partial charge in [-0.25, -0.2) is 4.98 Å². The number of aromatic amines is 1. The average molecular weight is 376 g/mol. The Morgan fingerprint density at radius 1 is 1.07 bits per heavy atom. The molecule has 2 aliphatic heterocycles. The quantitative estimate of drug-likeness (QED) is 0.762. The number of hydrogen-bond donors (Lipinski definition) is 1. The highest BCUT2D eigenvalue weighted by atomic mass is 16.5. The highest BCUT2D eigenvalue weighted by Crippen LogP contribution is 2.34. The van der Waals surface area contributed by atoms with E-state index in [2.05, 4.69) is 9.88 Å². The summed E-state index contributed by atoms with van der Waals surface area (Å²) in [6.45, 7) is 2.82. The van der Waals surface area contributed by atoms with Crippen LogP contribution in [0, 0.1) is 0 Å². The standard InChI is InChI=1S/C22H24N4O2/c27-22(25-12-6-1-7-13-25)20-14-26(18-10-4-5-11-19(18)28-20)15-21-23-16-8-2-3-9-17(16)24-21/h2-5,8-11,20H,1,6-7,12-15H2,(H,23,24). The summed E-state index contributed by atoms with van der Waals surface area (Å²) in [5.74, 6) is 1.76. The lowest BCUT2D eigenvalue weighted by atomic mass is 10.1. The van der Waals surface area contributed by atoms with E-state index in [-0.39, 0.29) is 5.91 Å². The molecule has 1 unspecified atom stereocenters. The van der Waals surface area contributed by atoms with E-state index in [1.807, 2.05) is 53.4 Å². The van der Waals surface area contributed by atoms with Crippen LogP contribution in [-0.2, 0) is 11.3 Å². The lowest BCUT2D eigenvalue weighted by Gasteiger charge is -2.38. The Balaban J connectivity index is 1.41. The fraction of sp³-hybridized carbons (Fsp3) is 0.364. The molecule has 1 fully saturated rings. The van der Waals surface area contributed by atoms with Crippen molar-refractivity contribution < 1.29 is 9.53 Å². The first-order chi connectivity index (χ1) is 13.8. The summed E-state index contributed by atoms with van der Waals surface area (Å²) in [6.07, 6.45) is 2.89. The summed E-state index contributed by atoms with van der Waals surface area (Å²) in [5, 5.41) is 0. The highest BCUT2D eigenvalue weighted by Gasteiger charge is 2.34. The molecule has 6 heteroatoms. The third-order valence-electron chi connectivity index (χ3n) is 5.58. The van der Waals surface area contributed by atoms with E-state index in [1.54, 1.807) is 0 Å². The zero-order valence-electron chi connectivity index (χ0n) is 15.8. The molecule has 2 aliphatic rings. The minimum atomic E-state index is -0.475. The molecule has 1 saturated heterocycles. The predicted octanol–water partition coefficient (Wildman–Crippen LogP) is 3.34. The number of ether oxygens (including phenoxy) is 1. The Kier molecular flexibility index (Phi) is 4.39. The van der Waals surface area contributed by atoms with Crippen molar-refractivity contribution in [3.8, 4) is 5.75 Å². The zero-order chi connectivity index (χ0) is 18.9. The summed E-state index contributed by atoms with van der Waals surface area (Å²) >= 11 is 0. The molecule has 0 radical (unpaired) electrons. The molecule has 1 aromatic heterocycles. The number of rotatable bonds is 3. The number of fused-ring (bicyclic) bond motifs is 2. The van der Waals surface area contributed by atoms with E-state index in [1.165, 1.54) is 6.42 Å². The van der Waals surface area contributed by atoms with Crippen LogP contribution in [-0.4, -0.2) is 46.5 Å². The van der Waals surface area contributed by atoms with E-state index >= 15 is 0 Å². The molecular formula is C22H24N4O2. The number of amides is 1. The Bertz CT molecular complexity index is 960. The van der Waals surface area contributed by atoms with Crippen molar-refractivity contribution in [1.29, 1.82) is 0 Å². The van der Waals surface area contributed by atoms with Crippen LogP contribution in [0.5, 0.6) is 5.75 Å². The summed E-state index contributed by atoms with van der Waals surface area (Å²) in [5.41, 5.74) is 2.99. The third-order valence-corrected chi connectivity index (χ3v) is 5.58. The van der Waals surface area contributed by atoms with Crippen LogP contribution in [0.2, 0.25) is 0 Å². The van der Waals surface area contributed by atoms with Gasteiger partial charge in [0, 0.05) is 13.1 Å². The third kappa shape index (κ3) is 3.19. The van der Waals surface area contributed by atoms with Crippen LogP contribution in [0.25, 0.3) is 11.0 Å². The molecule has 1 amide bonds. The predicted molar refractivity (Wildman–Crippen MR) is 108 cm³/mol. The second kappa shape index (κ2) is 7.19. The minimum absolute atomic E-state index is 0.101. The minimum Gasteiger partial charge on any atom is -0.477 e. The molecule has 3 heterocycles. The maximum atomic E-state index is 13.1. The number of imidazole rings is 1. The van der Waals surface area contributed by atoms with Crippen molar-refractivity contribution in [2.45, 2.75) is 31.9 Å². The first-order valence-electron chi connectivity index (χ1n) is 10.0. The van der Waals surface area contributed by atoms with Gasteiger partial charge in [-0.1, -0.05) is 24.3 Å². The summed E-state index contributed by atoms with van der Waals surface area (Å²) in [4.78, 5) is 25.3. The molecule has 0 spiro atoms. The first-order valence-corrected chi connectivity index (χ1v) is 10.0. The van der Waals surface area contributed by atoms with Crippen LogP contribution >= 0.6 is 0 Å². The molecule has 5 rings (SSSR count). The number of nitrogens with zero attached hydrogens (tertiary/aromatic N) is 3. The number of carbonyl (C=O) groups excluding carboxylic acids is 1. The smallest absolute Gasteiger partial charge is 0.265 e. The molecule has 0 bridgehead atoms. The van der Waals surface area contributed by atoms with Crippen molar-refractivity contribution >= 4 is 22.6 Å². The number of para-hydroxylation sites is 4. The van der Waals surface area contributed by atoms with E-state index < -0.39 is 6.10 Å². The van der Waals surface area contributed by atoms with Gasteiger partial charge in [-0.15, -0.1) is 0 Å². The first kappa shape index (κ1) is 17.1. The van der Waals surface area contributed by atoms with Crippen LogP contribution in [0.4, 0.5) is 5.69 Å². The molecular weight excluding hydrogens is 352 g/mol. The van der Waals surface area contributed by atoms with E-state index in [0.717, 1.165) is 54.2 Å². The maximum absolute atomic E-state index is 13.1. The number of hydrogen-bond acceptors (Lipinski definition) is 4. The van der Waals surface area contributed by atoms with Gasteiger partial charge >= 0.3 is 0 Å². The highest BCUT2D eigenvalue weighted by molar-refractivity contribution is 5.83. The van der Waals surface area contributed by atoms with E-state index in [9.17, 15) is 4.79 Å². The van der Waals surface area contributed by atoms with Gasteiger partial charge in [0.25, 0.3) is 5.91 Å². The number of anilines is 1. The lowest BCUT2D eigenvalue weighted by molar-refractivity contribution is -0.139. The molecule has 6 nitrogen and oxygen atoms in total. The molecule has 1 N–H and O–H groups in total. The molecule has 1 atom stereocenters. The van der Waals surface area contributed by atoms with Crippen molar-refractivity contribution in [2.24, 2.45) is 0 Å². The summed E-state index contributed by atoms with van der Waals surface area (Å²) < 4.78 is 6.11. The van der Waals surface area contributed by atoms with Gasteiger partial charge in [-0.2, -0.15) is 0 Å². The van der Waals surface area contributed by atoms with Crippen molar-refractivity contribution in [3.63, 3.8) is 0 Å². The second-order valence-electron chi connectivity index (χ2n) is 7.54. The molecule has 0 saturated carbocycles. The number of carbonyl (C=O) groups is 1. The number of aromatic nitrogens is 2. The Labute approximate surface area is 164 Å². The number of H-pyrrole nitrogens is 1. The van der Waals surface area contributed by atoms with Gasteiger partial charge in [0.1, 0.15) is 11.6 Å². The number of benzene rings is 2. The van der Waals surface area contributed by atoms with Gasteiger partial charge in [0.05, 0.1) is 29.8 Å². The molecule has 144 valence electrons. The van der Waals surface area contributed by atoms with Crippen molar-refractivity contribution in [3.05, 3.63) is 54.4 Å². The number of nitrogens with one attached hydrogen (secondary N) is 1. The number of piperidine rings is 1. The summed E-state index contributed by atoms with van der Waals surface area (Å²) in [7, 11) is 0. The van der Waals surface area contributed by atoms with Crippen molar-refractivity contribution in [1.82, 2.24) is 14.9 Å². The van der Waals surface area contributed by atoms with Gasteiger partial charge < -0.3 is 19.5 Å². The zero-order valence-corrected chi connectivity index (χ0v) is 15.8. The fourth-order valence-corrected chi connectivity index (χ4v) is 4.16. The van der Waals surface area contributed by atoms with Crippen LogP contribution < -0.4 is 9.64 Å². The van der Waals surface area contributed by atoms with Gasteiger partial charge in [0.15, 0.2) is 6.10 Å². The maximum Gasteiger partial charge on any atom is 0.265 e.